The van der Waals surface area contributed by atoms with Crippen molar-refractivity contribution in [2.45, 2.75) is 13.1 Å². The fraction of sp³-hybridized carbons (Fsp3) is 0.833. The van der Waals surface area contributed by atoms with Gasteiger partial charge in [-0.3, -0.25) is 9.69 Å². The summed E-state index contributed by atoms with van der Waals surface area (Å²) in [5.74, 6) is 0.259. The lowest BCUT2D eigenvalue weighted by Gasteiger charge is -2.19. The third kappa shape index (κ3) is 10.9. The second-order valence-corrected chi connectivity index (χ2v) is 4.76. The largest absolute Gasteiger partial charge is 0.401 e. The van der Waals surface area contributed by atoms with E-state index in [-0.39, 0.29) is 19.0 Å². The van der Waals surface area contributed by atoms with Gasteiger partial charge in [0, 0.05) is 33.7 Å². The van der Waals surface area contributed by atoms with Crippen LogP contribution in [0.2, 0.25) is 0 Å². The molecule has 0 saturated heterocycles. The number of rotatable bonds is 7. The number of carbonyl (C=O) groups excluding carboxylic acids is 1. The number of guanidine groups is 1. The summed E-state index contributed by atoms with van der Waals surface area (Å²) < 4.78 is 36.5. The molecule has 0 radical (unpaired) electrons. The Balaban J connectivity index is 4.21. The van der Waals surface area contributed by atoms with Crippen LogP contribution in [-0.4, -0.2) is 81.7 Å². The van der Waals surface area contributed by atoms with E-state index in [1.165, 1.54) is 16.8 Å². The van der Waals surface area contributed by atoms with E-state index in [1.807, 2.05) is 6.92 Å². The number of hydrogen-bond donors (Lipinski definition) is 2. The predicted octanol–water partition coefficient (Wildman–Crippen LogP) is 0.124. The Morgan fingerprint density at radius 1 is 1.19 bits per heavy atom. The van der Waals surface area contributed by atoms with E-state index in [4.69, 9.17) is 0 Å². The lowest BCUT2D eigenvalue weighted by molar-refractivity contribution is -0.142. The molecule has 0 aliphatic heterocycles. The van der Waals surface area contributed by atoms with Crippen LogP contribution in [0.15, 0.2) is 4.99 Å². The van der Waals surface area contributed by atoms with Crippen molar-refractivity contribution in [1.82, 2.24) is 20.4 Å². The molecule has 0 fully saturated rings. The normalized spacial score (nSPS) is 12.5. The van der Waals surface area contributed by atoms with E-state index in [0.29, 0.717) is 19.0 Å². The highest BCUT2D eigenvalue weighted by atomic mass is 19.4. The molecule has 9 heteroatoms. The zero-order chi connectivity index (χ0) is 16.5. The molecular formula is C12H24F3N5O. The molecule has 0 saturated carbocycles. The molecule has 0 heterocycles. The standard InChI is InChI=1S/C12H24F3N5O/c1-5-16-11(18-8-10(21)19(2)3)17-6-7-20(4)9-12(13,14)15/h5-9H2,1-4H3,(H2,16,17,18). The maximum atomic E-state index is 12.2. The van der Waals surface area contributed by atoms with Crippen LogP contribution in [-0.2, 0) is 4.79 Å². The third-order valence-corrected chi connectivity index (χ3v) is 2.45. The first-order valence-electron chi connectivity index (χ1n) is 6.63. The lowest BCUT2D eigenvalue weighted by Crippen LogP contribution is -2.43. The highest BCUT2D eigenvalue weighted by Gasteiger charge is 2.28. The lowest BCUT2D eigenvalue weighted by atomic mass is 10.5. The topological polar surface area (TPSA) is 60.0 Å². The number of aliphatic imine (C=N–C) groups is 1. The molecule has 0 aromatic carbocycles. The highest BCUT2D eigenvalue weighted by molar-refractivity contribution is 5.84. The minimum Gasteiger partial charge on any atom is -0.357 e. The van der Waals surface area contributed by atoms with Crippen LogP contribution >= 0.6 is 0 Å². The molecule has 0 aliphatic rings. The van der Waals surface area contributed by atoms with Gasteiger partial charge in [0.15, 0.2) is 5.96 Å². The molecule has 0 aliphatic carbocycles. The Kier molecular flexibility index (Phi) is 8.75. The van der Waals surface area contributed by atoms with Crippen molar-refractivity contribution in [3.63, 3.8) is 0 Å². The Morgan fingerprint density at radius 3 is 2.29 bits per heavy atom. The minimum absolute atomic E-state index is 0.0132. The third-order valence-electron chi connectivity index (χ3n) is 2.45. The SMILES string of the molecule is CCNC(=NCC(=O)N(C)C)NCCN(C)CC(F)(F)F. The molecular weight excluding hydrogens is 287 g/mol. The van der Waals surface area contributed by atoms with Crippen LogP contribution in [0.5, 0.6) is 0 Å². The number of amides is 1. The molecule has 0 atom stereocenters. The van der Waals surface area contributed by atoms with Gasteiger partial charge in [-0.1, -0.05) is 0 Å². The molecule has 0 aromatic heterocycles. The maximum absolute atomic E-state index is 12.2. The van der Waals surface area contributed by atoms with Gasteiger partial charge in [-0.05, 0) is 14.0 Å². The van der Waals surface area contributed by atoms with Gasteiger partial charge in [-0.2, -0.15) is 13.2 Å². The number of hydrogen-bond acceptors (Lipinski definition) is 3. The molecule has 0 aromatic rings. The van der Waals surface area contributed by atoms with E-state index < -0.39 is 12.7 Å². The fourth-order valence-corrected chi connectivity index (χ4v) is 1.38. The van der Waals surface area contributed by atoms with Crippen molar-refractivity contribution >= 4 is 11.9 Å². The fourth-order valence-electron chi connectivity index (χ4n) is 1.38. The Morgan fingerprint density at radius 2 is 1.81 bits per heavy atom. The Hall–Kier alpha value is -1.51. The van der Waals surface area contributed by atoms with Crippen molar-refractivity contribution in [3.05, 3.63) is 0 Å². The molecule has 0 unspecified atom stereocenters. The molecule has 2 N–H and O–H groups in total. The number of alkyl halides is 3. The number of nitrogens with zero attached hydrogens (tertiary/aromatic N) is 3. The summed E-state index contributed by atoms with van der Waals surface area (Å²) >= 11 is 0. The summed E-state index contributed by atoms with van der Waals surface area (Å²) in [5, 5.41) is 5.82. The first-order chi connectivity index (χ1) is 9.65. The molecule has 0 rings (SSSR count). The van der Waals surface area contributed by atoms with Crippen molar-refractivity contribution < 1.29 is 18.0 Å². The van der Waals surface area contributed by atoms with Crippen LogP contribution < -0.4 is 10.6 Å². The smallest absolute Gasteiger partial charge is 0.357 e. The van der Waals surface area contributed by atoms with Gasteiger partial charge in [-0.25, -0.2) is 4.99 Å². The van der Waals surface area contributed by atoms with Crippen LogP contribution in [0.3, 0.4) is 0 Å². The molecule has 0 spiro atoms. The van der Waals surface area contributed by atoms with E-state index in [0.717, 1.165) is 0 Å². The number of nitrogens with one attached hydrogen (secondary N) is 2. The van der Waals surface area contributed by atoms with Gasteiger partial charge >= 0.3 is 6.18 Å². The zero-order valence-electron chi connectivity index (χ0n) is 12.9. The van der Waals surface area contributed by atoms with E-state index in [2.05, 4.69) is 15.6 Å². The highest BCUT2D eigenvalue weighted by Crippen LogP contribution is 2.14. The second kappa shape index (κ2) is 9.43. The summed E-state index contributed by atoms with van der Waals surface area (Å²) in [5.41, 5.74) is 0. The molecule has 1 amide bonds. The van der Waals surface area contributed by atoms with Crippen LogP contribution in [0, 0.1) is 0 Å². The van der Waals surface area contributed by atoms with Crippen molar-refractivity contribution in [3.8, 4) is 0 Å². The quantitative estimate of drug-likeness (QED) is 0.518. The Bertz CT molecular complexity index is 344. The summed E-state index contributed by atoms with van der Waals surface area (Å²) in [7, 11) is 4.66. The number of likely N-dealkylation sites (N-methyl/N-ethyl adjacent to an activating group) is 2. The summed E-state index contributed by atoms with van der Waals surface area (Å²) in [6.45, 7) is 2.00. The average Bonchev–Trinajstić information content (AvgIpc) is 2.33. The van der Waals surface area contributed by atoms with E-state index in [9.17, 15) is 18.0 Å². The minimum atomic E-state index is -4.20. The van der Waals surface area contributed by atoms with Gasteiger partial charge in [0.1, 0.15) is 6.54 Å². The first kappa shape index (κ1) is 19.5. The van der Waals surface area contributed by atoms with Crippen molar-refractivity contribution in [1.29, 1.82) is 0 Å². The van der Waals surface area contributed by atoms with Gasteiger partial charge < -0.3 is 15.5 Å². The Labute approximate surface area is 123 Å². The van der Waals surface area contributed by atoms with E-state index in [1.54, 1.807) is 14.1 Å². The summed E-state index contributed by atoms with van der Waals surface area (Å²) in [6, 6.07) is 0. The van der Waals surface area contributed by atoms with Crippen LogP contribution in [0.1, 0.15) is 6.92 Å². The van der Waals surface area contributed by atoms with Gasteiger partial charge in [0.05, 0.1) is 6.54 Å². The van der Waals surface area contributed by atoms with Crippen molar-refractivity contribution in [2.75, 3.05) is 53.9 Å². The molecule has 124 valence electrons. The molecule has 0 bridgehead atoms. The second-order valence-electron chi connectivity index (χ2n) is 4.76. The van der Waals surface area contributed by atoms with Gasteiger partial charge in [0.2, 0.25) is 5.91 Å². The average molecular weight is 311 g/mol. The van der Waals surface area contributed by atoms with Gasteiger partial charge in [-0.15, -0.1) is 0 Å². The number of halogens is 3. The summed E-state index contributed by atoms with van der Waals surface area (Å²) in [4.78, 5) is 18.1. The van der Waals surface area contributed by atoms with Crippen molar-refractivity contribution in [2.24, 2.45) is 4.99 Å². The van der Waals surface area contributed by atoms with Crippen LogP contribution in [0.25, 0.3) is 0 Å². The molecule has 6 nitrogen and oxygen atoms in total. The number of carbonyl (C=O) groups is 1. The molecule has 21 heavy (non-hydrogen) atoms. The van der Waals surface area contributed by atoms with Crippen LogP contribution in [0.4, 0.5) is 13.2 Å². The monoisotopic (exact) mass is 311 g/mol. The first-order valence-corrected chi connectivity index (χ1v) is 6.63. The zero-order valence-corrected chi connectivity index (χ0v) is 12.9. The van der Waals surface area contributed by atoms with Gasteiger partial charge in [0.25, 0.3) is 0 Å². The summed E-state index contributed by atoms with van der Waals surface area (Å²) in [6.07, 6.45) is -4.20. The van der Waals surface area contributed by atoms with E-state index >= 15 is 0 Å². The predicted molar refractivity (Wildman–Crippen MR) is 76.2 cm³/mol. The maximum Gasteiger partial charge on any atom is 0.401 e.